The second kappa shape index (κ2) is 5.30. The number of halogens is 1. The summed E-state index contributed by atoms with van der Waals surface area (Å²) in [5.74, 6) is 0.297. The van der Waals surface area contributed by atoms with E-state index in [-0.39, 0.29) is 5.28 Å². The van der Waals surface area contributed by atoms with Gasteiger partial charge in [0.05, 0.1) is 6.33 Å². The first-order chi connectivity index (χ1) is 9.74. The first-order valence-electron chi connectivity index (χ1n) is 6.09. The molecule has 0 unspecified atom stereocenters. The van der Waals surface area contributed by atoms with Crippen molar-refractivity contribution in [2.75, 3.05) is 5.73 Å². The predicted octanol–water partition coefficient (Wildman–Crippen LogP) is 2.78. The van der Waals surface area contributed by atoms with E-state index in [2.05, 4.69) is 15.0 Å². The van der Waals surface area contributed by atoms with Crippen LogP contribution < -0.4 is 5.73 Å². The lowest BCUT2D eigenvalue weighted by atomic mass is 10.2. The number of benzene rings is 1. The molecule has 0 bridgehead atoms. The molecule has 0 aliphatic carbocycles. The van der Waals surface area contributed by atoms with Gasteiger partial charge in [-0.1, -0.05) is 42.5 Å². The number of nitrogens with two attached hydrogens (primary N) is 1. The Kier molecular flexibility index (Phi) is 3.35. The van der Waals surface area contributed by atoms with Gasteiger partial charge in [-0.15, -0.1) is 0 Å². The normalized spacial score (nSPS) is 11.4. The zero-order valence-corrected chi connectivity index (χ0v) is 11.3. The molecule has 3 aromatic rings. The number of allylic oxidation sites excluding steroid dienone is 1. The van der Waals surface area contributed by atoms with Gasteiger partial charge in [0.15, 0.2) is 11.5 Å². The van der Waals surface area contributed by atoms with E-state index < -0.39 is 0 Å². The van der Waals surface area contributed by atoms with Crippen LogP contribution in [0.1, 0.15) is 5.56 Å². The smallest absolute Gasteiger partial charge is 0.226 e. The van der Waals surface area contributed by atoms with Gasteiger partial charge in [0.1, 0.15) is 5.52 Å². The average Bonchev–Trinajstić information content (AvgIpc) is 2.83. The summed E-state index contributed by atoms with van der Waals surface area (Å²) in [6, 6.07) is 10.1. The van der Waals surface area contributed by atoms with Gasteiger partial charge < -0.3 is 10.3 Å². The van der Waals surface area contributed by atoms with Gasteiger partial charge in [-0.25, -0.2) is 4.98 Å². The highest BCUT2D eigenvalue weighted by Crippen LogP contribution is 2.18. The molecule has 0 spiro atoms. The summed E-state index contributed by atoms with van der Waals surface area (Å²) in [4.78, 5) is 12.2. The van der Waals surface area contributed by atoms with Gasteiger partial charge in [0.2, 0.25) is 5.28 Å². The minimum absolute atomic E-state index is 0.129. The molecule has 0 aliphatic rings. The Labute approximate surface area is 120 Å². The lowest BCUT2D eigenvalue weighted by Crippen LogP contribution is -1.98. The predicted molar refractivity (Wildman–Crippen MR) is 80.2 cm³/mol. The Morgan fingerprint density at radius 2 is 2.00 bits per heavy atom. The molecular weight excluding hydrogens is 274 g/mol. The van der Waals surface area contributed by atoms with E-state index in [1.165, 1.54) is 0 Å². The Morgan fingerprint density at radius 3 is 2.80 bits per heavy atom. The Morgan fingerprint density at radius 1 is 1.20 bits per heavy atom. The molecule has 3 rings (SSSR count). The van der Waals surface area contributed by atoms with Crippen molar-refractivity contribution in [3.63, 3.8) is 0 Å². The summed E-state index contributed by atoms with van der Waals surface area (Å²) in [5.41, 5.74) is 8.11. The van der Waals surface area contributed by atoms with E-state index >= 15 is 0 Å². The molecule has 6 heteroatoms. The van der Waals surface area contributed by atoms with Crippen molar-refractivity contribution >= 4 is 34.7 Å². The fourth-order valence-electron chi connectivity index (χ4n) is 1.94. The summed E-state index contributed by atoms with van der Waals surface area (Å²) >= 11 is 5.82. The molecule has 2 N–H and O–H groups in total. The van der Waals surface area contributed by atoms with E-state index in [9.17, 15) is 0 Å². The molecule has 2 heterocycles. The number of nitrogen functional groups attached to an aromatic ring is 1. The highest BCUT2D eigenvalue weighted by Gasteiger charge is 2.09. The van der Waals surface area contributed by atoms with E-state index in [0.29, 0.717) is 23.5 Å². The highest BCUT2D eigenvalue weighted by atomic mass is 35.5. The summed E-state index contributed by atoms with van der Waals surface area (Å²) in [6.07, 6.45) is 5.75. The van der Waals surface area contributed by atoms with Crippen LogP contribution >= 0.6 is 11.6 Å². The van der Waals surface area contributed by atoms with Crippen LogP contribution in [0.4, 0.5) is 5.82 Å². The lowest BCUT2D eigenvalue weighted by molar-refractivity contribution is 0.839. The number of hydrogen-bond donors (Lipinski definition) is 1. The summed E-state index contributed by atoms with van der Waals surface area (Å²) < 4.78 is 1.87. The van der Waals surface area contributed by atoms with E-state index in [1.807, 2.05) is 47.1 Å². The largest absolute Gasteiger partial charge is 0.382 e. The SMILES string of the molecule is Nc1nc(Cl)nc2c1ncn2C/C=C/c1ccccc1. The number of imidazole rings is 1. The van der Waals surface area contributed by atoms with Gasteiger partial charge in [0, 0.05) is 6.54 Å². The van der Waals surface area contributed by atoms with Crippen molar-refractivity contribution < 1.29 is 0 Å². The maximum absolute atomic E-state index is 5.82. The molecule has 100 valence electrons. The number of rotatable bonds is 3. The number of nitrogens with zero attached hydrogens (tertiary/aromatic N) is 4. The van der Waals surface area contributed by atoms with Gasteiger partial charge in [0.25, 0.3) is 0 Å². The Balaban J connectivity index is 1.87. The molecule has 0 fully saturated rings. The van der Waals surface area contributed by atoms with Crippen molar-refractivity contribution in [2.24, 2.45) is 0 Å². The summed E-state index contributed by atoms with van der Waals surface area (Å²) in [6.45, 7) is 0.637. The molecule has 1 aromatic carbocycles. The van der Waals surface area contributed by atoms with Crippen LogP contribution in [0.25, 0.3) is 17.2 Å². The Hall–Kier alpha value is -2.40. The van der Waals surface area contributed by atoms with Crippen LogP contribution in [0.15, 0.2) is 42.7 Å². The molecular formula is C14H12ClN5. The molecule has 5 nitrogen and oxygen atoms in total. The fourth-order valence-corrected chi connectivity index (χ4v) is 2.11. The summed E-state index contributed by atoms with van der Waals surface area (Å²) in [5, 5.41) is 0.129. The van der Waals surface area contributed by atoms with Crippen molar-refractivity contribution in [1.29, 1.82) is 0 Å². The molecule has 0 saturated heterocycles. The lowest BCUT2D eigenvalue weighted by Gasteiger charge is -2.00. The van der Waals surface area contributed by atoms with Crippen LogP contribution in [-0.4, -0.2) is 19.5 Å². The third-order valence-corrected chi connectivity index (χ3v) is 3.04. The average molecular weight is 286 g/mol. The Bertz CT molecular complexity index is 764. The third kappa shape index (κ3) is 2.48. The van der Waals surface area contributed by atoms with Crippen LogP contribution in [0.5, 0.6) is 0 Å². The quantitative estimate of drug-likeness (QED) is 0.751. The van der Waals surface area contributed by atoms with Gasteiger partial charge >= 0.3 is 0 Å². The van der Waals surface area contributed by atoms with Gasteiger partial charge in [-0.2, -0.15) is 9.97 Å². The van der Waals surface area contributed by atoms with Crippen LogP contribution in [0, 0.1) is 0 Å². The molecule has 0 radical (unpaired) electrons. The van der Waals surface area contributed by atoms with Crippen LogP contribution in [-0.2, 0) is 6.54 Å². The molecule has 0 saturated carbocycles. The van der Waals surface area contributed by atoms with Crippen molar-refractivity contribution in [3.8, 4) is 0 Å². The maximum Gasteiger partial charge on any atom is 0.226 e. The highest BCUT2D eigenvalue weighted by molar-refractivity contribution is 6.28. The standard InChI is InChI=1S/C14H12ClN5/c15-14-18-12(16)11-13(19-14)20(9-17-11)8-4-7-10-5-2-1-3-6-10/h1-7,9H,8H2,(H2,16,18,19)/b7-4+. The van der Waals surface area contributed by atoms with Crippen LogP contribution in [0.2, 0.25) is 5.28 Å². The van der Waals surface area contributed by atoms with Crippen molar-refractivity contribution in [3.05, 3.63) is 53.6 Å². The van der Waals surface area contributed by atoms with Gasteiger partial charge in [-0.05, 0) is 17.2 Å². The van der Waals surface area contributed by atoms with Crippen LogP contribution in [0.3, 0.4) is 0 Å². The summed E-state index contributed by atoms with van der Waals surface area (Å²) in [7, 11) is 0. The van der Waals surface area contributed by atoms with E-state index in [0.717, 1.165) is 5.56 Å². The molecule has 20 heavy (non-hydrogen) atoms. The molecule has 0 amide bonds. The van der Waals surface area contributed by atoms with Crippen molar-refractivity contribution in [2.45, 2.75) is 6.54 Å². The topological polar surface area (TPSA) is 69.6 Å². The molecule has 2 aromatic heterocycles. The number of fused-ring (bicyclic) bond motifs is 1. The zero-order chi connectivity index (χ0) is 13.9. The van der Waals surface area contributed by atoms with E-state index in [4.69, 9.17) is 17.3 Å². The first-order valence-corrected chi connectivity index (χ1v) is 6.47. The zero-order valence-electron chi connectivity index (χ0n) is 10.6. The maximum atomic E-state index is 5.82. The second-order valence-electron chi connectivity index (χ2n) is 4.26. The van der Waals surface area contributed by atoms with Gasteiger partial charge in [-0.3, -0.25) is 0 Å². The first kappa shape index (κ1) is 12.6. The second-order valence-corrected chi connectivity index (χ2v) is 4.60. The molecule has 0 aliphatic heterocycles. The monoisotopic (exact) mass is 285 g/mol. The minimum atomic E-state index is 0.129. The number of aromatic nitrogens is 4. The molecule has 0 atom stereocenters. The van der Waals surface area contributed by atoms with Crippen molar-refractivity contribution in [1.82, 2.24) is 19.5 Å². The minimum Gasteiger partial charge on any atom is -0.382 e. The fraction of sp³-hybridized carbons (Fsp3) is 0.0714. The number of anilines is 1. The number of hydrogen-bond acceptors (Lipinski definition) is 4. The third-order valence-electron chi connectivity index (χ3n) is 2.88. The van der Waals surface area contributed by atoms with E-state index in [1.54, 1.807) is 6.33 Å².